The highest BCUT2D eigenvalue weighted by atomic mass is 16.5. The van der Waals surface area contributed by atoms with Crippen LogP contribution in [-0.2, 0) is 11.3 Å². The third-order valence-corrected chi connectivity index (χ3v) is 4.54. The van der Waals surface area contributed by atoms with Gasteiger partial charge in [0.1, 0.15) is 6.10 Å². The molecule has 148 valence electrons. The van der Waals surface area contributed by atoms with Crippen molar-refractivity contribution in [3.8, 4) is 0 Å². The summed E-state index contributed by atoms with van der Waals surface area (Å²) in [6.07, 6.45) is 6.39. The predicted octanol–water partition coefficient (Wildman–Crippen LogP) is 2.10. The molecule has 0 bridgehead atoms. The van der Waals surface area contributed by atoms with E-state index in [0.29, 0.717) is 24.9 Å². The molecule has 2 rings (SSSR count). The van der Waals surface area contributed by atoms with E-state index in [1.165, 1.54) is 38.8 Å². The van der Waals surface area contributed by atoms with Crippen molar-refractivity contribution >= 4 is 5.96 Å². The lowest BCUT2D eigenvalue weighted by Gasteiger charge is -2.19. The van der Waals surface area contributed by atoms with Gasteiger partial charge in [0.15, 0.2) is 11.8 Å². The van der Waals surface area contributed by atoms with Gasteiger partial charge in [-0.2, -0.15) is 4.98 Å². The largest absolute Gasteiger partial charge is 0.371 e. The molecular weight excluding hydrogens is 332 g/mol. The summed E-state index contributed by atoms with van der Waals surface area (Å²) in [6.45, 7) is 9.45. The Morgan fingerprint density at radius 1 is 1.27 bits per heavy atom. The number of nitrogens with one attached hydrogen (secondary N) is 2. The number of aromatic nitrogens is 2. The van der Waals surface area contributed by atoms with Crippen LogP contribution < -0.4 is 10.6 Å². The SMILES string of the molecule is CCOC(C)c1noc(CNC(=NC)NCCCN2CCCCCC2)n1. The summed E-state index contributed by atoms with van der Waals surface area (Å²) in [5.74, 6) is 1.85. The number of hydrogen-bond donors (Lipinski definition) is 2. The van der Waals surface area contributed by atoms with Crippen LogP contribution in [0.15, 0.2) is 9.52 Å². The fourth-order valence-electron chi connectivity index (χ4n) is 3.08. The van der Waals surface area contributed by atoms with E-state index >= 15 is 0 Å². The first-order valence-corrected chi connectivity index (χ1v) is 9.84. The third kappa shape index (κ3) is 7.29. The minimum Gasteiger partial charge on any atom is -0.371 e. The Bertz CT molecular complexity index is 526. The topological polar surface area (TPSA) is 87.8 Å². The van der Waals surface area contributed by atoms with Gasteiger partial charge in [-0.3, -0.25) is 4.99 Å². The number of nitrogens with zero attached hydrogens (tertiary/aromatic N) is 4. The number of hydrogen-bond acceptors (Lipinski definition) is 6. The van der Waals surface area contributed by atoms with Crippen molar-refractivity contribution in [3.63, 3.8) is 0 Å². The van der Waals surface area contributed by atoms with Crippen LogP contribution in [0.25, 0.3) is 0 Å². The van der Waals surface area contributed by atoms with Gasteiger partial charge in [0.05, 0.1) is 6.54 Å². The molecular formula is C18H34N6O2. The molecule has 1 aliphatic heterocycles. The van der Waals surface area contributed by atoms with Crippen LogP contribution in [0.1, 0.15) is 63.8 Å². The Hall–Kier alpha value is -1.67. The maximum Gasteiger partial charge on any atom is 0.246 e. The maximum absolute atomic E-state index is 5.47. The zero-order valence-electron chi connectivity index (χ0n) is 16.5. The standard InChI is InChI=1S/C18H34N6O2/c1-4-25-15(2)17-22-16(26-23-17)14-21-18(19-3)20-10-9-13-24-11-7-5-6-8-12-24/h15H,4-14H2,1-3H3,(H2,19,20,21). The monoisotopic (exact) mass is 366 g/mol. The minimum absolute atomic E-state index is 0.158. The van der Waals surface area contributed by atoms with Crippen LogP contribution in [0.5, 0.6) is 0 Å². The van der Waals surface area contributed by atoms with Gasteiger partial charge in [0.2, 0.25) is 5.89 Å². The van der Waals surface area contributed by atoms with Crippen LogP contribution in [0, 0.1) is 0 Å². The zero-order valence-corrected chi connectivity index (χ0v) is 16.5. The number of likely N-dealkylation sites (tertiary alicyclic amines) is 1. The van der Waals surface area contributed by atoms with E-state index in [-0.39, 0.29) is 6.10 Å². The van der Waals surface area contributed by atoms with Gasteiger partial charge in [-0.05, 0) is 52.7 Å². The van der Waals surface area contributed by atoms with Gasteiger partial charge in [-0.25, -0.2) is 0 Å². The van der Waals surface area contributed by atoms with Gasteiger partial charge in [0.25, 0.3) is 0 Å². The van der Waals surface area contributed by atoms with E-state index in [4.69, 9.17) is 9.26 Å². The molecule has 0 spiro atoms. The molecule has 8 heteroatoms. The molecule has 1 atom stereocenters. The molecule has 1 unspecified atom stereocenters. The molecule has 8 nitrogen and oxygen atoms in total. The van der Waals surface area contributed by atoms with E-state index in [2.05, 4.69) is 30.7 Å². The summed E-state index contributed by atoms with van der Waals surface area (Å²) in [7, 11) is 1.76. The summed E-state index contributed by atoms with van der Waals surface area (Å²) >= 11 is 0. The molecule has 1 aliphatic rings. The van der Waals surface area contributed by atoms with Gasteiger partial charge >= 0.3 is 0 Å². The molecule has 1 aromatic rings. The average Bonchev–Trinajstić information content (AvgIpc) is 2.97. The highest BCUT2D eigenvalue weighted by Gasteiger charge is 2.14. The number of guanidine groups is 1. The zero-order chi connectivity index (χ0) is 18.6. The normalized spacial score (nSPS) is 17.7. The highest BCUT2D eigenvalue weighted by molar-refractivity contribution is 5.79. The smallest absolute Gasteiger partial charge is 0.246 e. The first-order valence-electron chi connectivity index (χ1n) is 9.84. The molecule has 1 saturated heterocycles. The van der Waals surface area contributed by atoms with Crippen molar-refractivity contribution in [1.82, 2.24) is 25.7 Å². The van der Waals surface area contributed by atoms with Crippen molar-refractivity contribution in [2.75, 3.05) is 39.8 Å². The molecule has 1 fully saturated rings. The lowest BCUT2D eigenvalue weighted by atomic mass is 10.2. The summed E-state index contributed by atoms with van der Waals surface area (Å²) < 4.78 is 10.7. The first-order chi connectivity index (χ1) is 12.7. The Kier molecular flexibility index (Phi) is 9.41. The summed E-state index contributed by atoms with van der Waals surface area (Å²) in [5, 5.41) is 10.5. The molecule has 2 N–H and O–H groups in total. The van der Waals surface area contributed by atoms with E-state index in [1.54, 1.807) is 7.05 Å². The molecule has 0 aliphatic carbocycles. The molecule has 1 aromatic heterocycles. The number of ether oxygens (including phenoxy) is 1. The van der Waals surface area contributed by atoms with Gasteiger partial charge in [-0.15, -0.1) is 0 Å². The van der Waals surface area contributed by atoms with Crippen LogP contribution in [0.4, 0.5) is 0 Å². The van der Waals surface area contributed by atoms with Crippen LogP contribution >= 0.6 is 0 Å². The number of rotatable bonds is 9. The summed E-state index contributed by atoms with van der Waals surface area (Å²) in [5.41, 5.74) is 0. The lowest BCUT2D eigenvalue weighted by molar-refractivity contribution is 0.0683. The molecule has 0 amide bonds. The van der Waals surface area contributed by atoms with Crippen molar-refractivity contribution in [2.45, 2.75) is 58.6 Å². The van der Waals surface area contributed by atoms with Crippen molar-refractivity contribution in [1.29, 1.82) is 0 Å². The molecule has 0 radical (unpaired) electrons. The predicted molar refractivity (Wildman–Crippen MR) is 102 cm³/mol. The Morgan fingerprint density at radius 2 is 2.04 bits per heavy atom. The van der Waals surface area contributed by atoms with E-state index in [9.17, 15) is 0 Å². The summed E-state index contributed by atoms with van der Waals surface area (Å²) in [6, 6.07) is 0. The van der Waals surface area contributed by atoms with Crippen molar-refractivity contribution in [2.24, 2.45) is 4.99 Å². The average molecular weight is 367 g/mol. The van der Waals surface area contributed by atoms with Crippen LogP contribution in [0.3, 0.4) is 0 Å². The Balaban J connectivity index is 1.64. The molecule has 0 aromatic carbocycles. The molecule has 26 heavy (non-hydrogen) atoms. The van der Waals surface area contributed by atoms with Crippen LogP contribution in [-0.4, -0.2) is 60.8 Å². The Morgan fingerprint density at radius 3 is 2.73 bits per heavy atom. The third-order valence-electron chi connectivity index (χ3n) is 4.54. The van der Waals surface area contributed by atoms with Gasteiger partial charge in [0, 0.05) is 20.2 Å². The molecule has 2 heterocycles. The fraction of sp³-hybridized carbons (Fsp3) is 0.833. The quantitative estimate of drug-likeness (QED) is 0.393. The van der Waals surface area contributed by atoms with E-state index in [1.807, 2.05) is 13.8 Å². The maximum atomic E-state index is 5.47. The van der Waals surface area contributed by atoms with Gasteiger partial charge < -0.3 is 24.8 Å². The van der Waals surface area contributed by atoms with E-state index < -0.39 is 0 Å². The second-order valence-electron chi connectivity index (χ2n) is 6.61. The fourth-order valence-corrected chi connectivity index (χ4v) is 3.08. The minimum atomic E-state index is -0.158. The van der Waals surface area contributed by atoms with Crippen LogP contribution in [0.2, 0.25) is 0 Å². The van der Waals surface area contributed by atoms with Crippen molar-refractivity contribution in [3.05, 3.63) is 11.7 Å². The summed E-state index contributed by atoms with van der Waals surface area (Å²) in [4.78, 5) is 11.2. The molecule has 0 saturated carbocycles. The lowest BCUT2D eigenvalue weighted by Crippen LogP contribution is -2.38. The second-order valence-corrected chi connectivity index (χ2v) is 6.61. The van der Waals surface area contributed by atoms with Gasteiger partial charge in [-0.1, -0.05) is 18.0 Å². The first kappa shape index (κ1) is 20.6. The Labute approximate surface area is 156 Å². The number of aliphatic imine (C=N–C) groups is 1. The highest BCUT2D eigenvalue weighted by Crippen LogP contribution is 2.12. The van der Waals surface area contributed by atoms with E-state index in [0.717, 1.165) is 25.5 Å². The second kappa shape index (κ2) is 11.9. The van der Waals surface area contributed by atoms with Crippen molar-refractivity contribution < 1.29 is 9.26 Å².